The van der Waals surface area contributed by atoms with Gasteiger partial charge in [-0.2, -0.15) is 0 Å². The van der Waals surface area contributed by atoms with Gasteiger partial charge in [-0.05, 0) is 32.8 Å². The molecule has 0 aliphatic heterocycles. The summed E-state index contributed by atoms with van der Waals surface area (Å²) in [6.07, 6.45) is 1.76. The van der Waals surface area contributed by atoms with E-state index >= 15 is 0 Å². The quantitative estimate of drug-likeness (QED) is 0.493. The van der Waals surface area contributed by atoms with E-state index in [-0.39, 0.29) is 0 Å². The molecule has 2 aromatic heterocycles. The van der Waals surface area contributed by atoms with Gasteiger partial charge in [-0.3, -0.25) is 0 Å². The summed E-state index contributed by atoms with van der Waals surface area (Å²) in [5.41, 5.74) is 9.78. The Morgan fingerprint density at radius 1 is 1.27 bits per heavy atom. The summed E-state index contributed by atoms with van der Waals surface area (Å²) in [4.78, 5) is 14.1. The topological polar surface area (TPSA) is 87.6 Å². The first-order chi connectivity index (χ1) is 12.7. The first-order valence-corrected chi connectivity index (χ1v) is 8.83. The Morgan fingerprint density at radius 3 is 2.85 bits per heavy atom. The standard InChI is InChI=1S/C19H25N5O2/c1-4-26-12-16-22-17-18(24(16)11-7-8-13(2)23-25-3)14-9-5-6-10-15(14)21-19(17)20/h5-6,9-10H,4,7-8,11-12H2,1-3H3,(H2,20,21)/b23-13+. The van der Waals surface area contributed by atoms with E-state index in [2.05, 4.69) is 20.8 Å². The highest BCUT2D eigenvalue weighted by Gasteiger charge is 2.17. The van der Waals surface area contributed by atoms with Crippen LogP contribution in [-0.4, -0.2) is 34.0 Å². The van der Waals surface area contributed by atoms with Gasteiger partial charge in [0.2, 0.25) is 0 Å². The highest BCUT2D eigenvalue weighted by molar-refractivity contribution is 6.06. The molecule has 1 aromatic carbocycles. The van der Waals surface area contributed by atoms with Gasteiger partial charge < -0.3 is 19.9 Å². The molecule has 3 rings (SSSR count). The number of nitrogen functional groups attached to an aromatic ring is 1. The van der Waals surface area contributed by atoms with Gasteiger partial charge in [0, 0.05) is 18.5 Å². The lowest BCUT2D eigenvalue weighted by atomic mass is 10.1. The van der Waals surface area contributed by atoms with Gasteiger partial charge in [-0.1, -0.05) is 23.4 Å². The smallest absolute Gasteiger partial charge is 0.152 e. The van der Waals surface area contributed by atoms with Crippen molar-refractivity contribution in [1.29, 1.82) is 0 Å². The Kier molecular flexibility index (Phi) is 5.68. The van der Waals surface area contributed by atoms with Gasteiger partial charge in [-0.25, -0.2) is 9.97 Å². The average molecular weight is 355 g/mol. The third-order valence-electron chi connectivity index (χ3n) is 4.29. The van der Waals surface area contributed by atoms with Crippen LogP contribution >= 0.6 is 0 Å². The third-order valence-corrected chi connectivity index (χ3v) is 4.29. The Balaban J connectivity index is 2.05. The van der Waals surface area contributed by atoms with Crippen molar-refractivity contribution in [2.75, 3.05) is 19.5 Å². The summed E-state index contributed by atoms with van der Waals surface area (Å²) in [6.45, 7) is 5.82. The summed E-state index contributed by atoms with van der Waals surface area (Å²) in [5, 5.41) is 5.03. The molecule has 0 saturated heterocycles. The van der Waals surface area contributed by atoms with E-state index < -0.39 is 0 Å². The maximum atomic E-state index is 6.19. The number of rotatable bonds is 8. The second kappa shape index (κ2) is 8.14. The van der Waals surface area contributed by atoms with E-state index in [1.807, 2.05) is 32.0 Å². The lowest BCUT2D eigenvalue weighted by molar-refractivity contribution is 0.126. The van der Waals surface area contributed by atoms with Gasteiger partial charge in [0.1, 0.15) is 25.1 Å². The summed E-state index contributed by atoms with van der Waals surface area (Å²) >= 11 is 0. The number of nitrogens with two attached hydrogens (primary N) is 1. The van der Waals surface area contributed by atoms with Crippen LogP contribution in [0.5, 0.6) is 0 Å². The van der Waals surface area contributed by atoms with Crippen LogP contribution < -0.4 is 5.73 Å². The van der Waals surface area contributed by atoms with Crippen LogP contribution in [0.1, 0.15) is 32.5 Å². The maximum Gasteiger partial charge on any atom is 0.152 e. The molecule has 0 atom stereocenters. The van der Waals surface area contributed by atoms with Gasteiger partial charge >= 0.3 is 0 Å². The maximum absolute atomic E-state index is 6.19. The number of benzene rings is 1. The second-order valence-corrected chi connectivity index (χ2v) is 6.14. The molecule has 0 unspecified atom stereocenters. The Labute approximate surface area is 152 Å². The number of ether oxygens (including phenoxy) is 1. The molecule has 0 fully saturated rings. The summed E-state index contributed by atoms with van der Waals surface area (Å²) < 4.78 is 7.82. The molecule has 0 aliphatic rings. The summed E-state index contributed by atoms with van der Waals surface area (Å²) in [6, 6.07) is 8.01. The minimum atomic E-state index is 0.449. The van der Waals surface area contributed by atoms with Crippen molar-refractivity contribution in [1.82, 2.24) is 14.5 Å². The molecule has 0 saturated carbocycles. The molecule has 2 heterocycles. The van der Waals surface area contributed by atoms with E-state index in [0.717, 1.165) is 52.9 Å². The fraction of sp³-hybridized carbons (Fsp3) is 0.421. The molecule has 0 aliphatic carbocycles. The fourth-order valence-electron chi connectivity index (χ4n) is 3.14. The van der Waals surface area contributed by atoms with Gasteiger partial charge in [0.05, 0.1) is 16.7 Å². The minimum absolute atomic E-state index is 0.449. The molecule has 3 aromatic rings. The zero-order valence-electron chi connectivity index (χ0n) is 15.5. The lowest BCUT2D eigenvalue weighted by Gasteiger charge is -2.11. The molecule has 2 N–H and O–H groups in total. The molecule has 0 spiro atoms. The number of oxime groups is 1. The van der Waals surface area contributed by atoms with E-state index in [4.69, 9.17) is 20.3 Å². The number of para-hydroxylation sites is 1. The van der Waals surface area contributed by atoms with E-state index in [1.165, 1.54) is 0 Å². The molecule has 0 radical (unpaired) electrons. The van der Waals surface area contributed by atoms with Crippen molar-refractivity contribution in [2.24, 2.45) is 5.16 Å². The van der Waals surface area contributed by atoms with Crippen molar-refractivity contribution < 1.29 is 9.57 Å². The van der Waals surface area contributed by atoms with Gasteiger partial charge in [0.15, 0.2) is 5.82 Å². The normalized spacial score (nSPS) is 12.2. The van der Waals surface area contributed by atoms with Crippen LogP contribution in [0, 0.1) is 0 Å². The zero-order valence-corrected chi connectivity index (χ0v) is 15.5. The van der Waals surface area contributed by atoms with Crippen LogP contribution in [0.2, 0.25) is 0 Å². The number of nitrogens with zero attached hydrogens (tertiary/aromatic N) is 4. The van der Waals surface area contributed by atoms with Crippen molar-refractivity contribution in [2.45, 2.75) is 39.8 Å². The van der Waals surface area contributed by atoms with Crippen molar-refractivity contribution in [3.8, 4) is 0 Å². The van der Waals surface area contributed by atoms with Crippen LogP contribution in [0.3, 0.4) is 0 Å². The molecule has 138 valence electrons. The van der Waals surface area contributed by atoms with Crippen LogP contribution in [-0.2, 0) is 22.7 Å². The number of hydrogen-bond donors (Lipinski definition) is 1. The van der Waals surface area contributed by atoms with Crippen molar-refractivity contribution in [3.63, 3.8) is 0 Å². The van der Waals surface area contributed by atoms with Crippen LogP contribution in [0.15, 0.2) is 29.4 Å². The summed E-state index contributed by atoms with van der Waals surface area (Å²) in [5.74, 6) is 1.32. The highest BCUT2D eigenvalue weighted by Crippen LogP contribution is 2.29. The third kappa shape index (κ3) is 3.62. The number of pyridine rings is 1. The first kappa shape index (κ1) is 18.1. The SMILES string of the molecule is CCOCc1nc2c(N)nc3ccccc3c2n1CCC/C(C)=N/OC. The number of imidazole rings is 1. The Bertz CT molecular complexity index is 932. The van der Waals surface area contributed by atoms with Gasteiger partial charge in [0.25, 0.3) is 0 Å². The predicted octanol–water partition coefficient (Wildman–Crippen LogP) is 3.51. The molecule has 0 amide bonds. The molecule has 7 nitrogen and oxygen atoms in total. The zero-order chi connectivity index (χ0) is 18.5. The van der Waals surface area contributed by atoms with E-state index in [1.54, 1.807) is 7.11 Å². The molecular weight excluding hydrogens is 330 g/mol. The number of aryl methyl sites for hydroxylation is 1. The predicted molar refractivity (Wildman–Crippen MR) is 104 cm³/mol. The molecular formula is C19H25N5O2. The molecule has 7 heteroatoms. The number of aromatic nitrogens is 3. The monoisotopic (exact) mass is 355 g/mol. The second-order valence-electron chi connectivity index (χ2n) is 6.14. The summed E-state index contributed by atoms with van der Waals surface area (Å²) in [7, 11) is 1.56. The number of fused-ring (bicyclic) bond motifs is 3. The Morgan fingerprint density at radius 2 is 2.08 bits per heavy atom. The first-order valence-electron chi connectivity index (χ1n) is 8.83. The number of anilines is 1. The van der Waals surface area contributed by atoms with Crippen LogP contribution in [0.4, 0.5) is 5.82 Å². The Hall–Kier alpha value is -2.67. The fourth-order valence-corrected chi connectivity index (χ4v) is 3.14. The van der Waals surface area contributed by atoms with Crippen LogP contribution in [0.25, 0.3) is 21.9 Å². The van der Waals surface area contributed by atoms with E-state index in [9.17, 15) is 0 Å². The lowest BCUT2D eigenvalue weighted by Crippen LogP contribution is -2.07. The van der Waals surface area contributed by atoms with E-state index in [0.29, 0.717) is 19.0 Å². The number of hydrogen-bond acceptors (Lipinski definition) is 6. The largest absolute Gasteiger partial charge is 0.399 e. The molecule has 0 bridgehead atoms. The van der Waals surface area contributed by atoms with Crippen molar-refractivity contribution in [3.05, 3.63) is 30.1 Å². The minimum Gasteiger partial charge on any atom is -0.399 e. The average Bonchev–Trinajstić information content (AvgIpc) is 3.00. The highest BCUT2D eigenvalue weighted by atomic mass is 16.6. The molecule has 26 heavy (non-hydrogen) atoms. The van der Waals surface area contributed by atoms with Gasteiger partial charge in [-0.15, -0.1) is 0 Å². The van der Waals surface area contributed by atoms with Crippen molar-refractivity contribution >= 4 is 33.5 Å².